The third-order valence-corrected chi connectivity index (χ3v) is 3.34. The number of ether oxygens (including phenoxy) is 2. The van der Waals surface area contributed by atoms with E-state index in [1.54, 1.807) is 0 Å². The lowest BCUT2D eigenvalue weighted by Gasteiger charge is -2.12. The second kappa shape index (κ2) is 6.97. The molecule has 18 heavy (non-hydrogen) atoms. The number of rotatable bonds is 5. The topological polar surface area (TPSA) is 56.5 Å². The van der Waals surface area contributed by atoms with E-state index in [2.05, 4.69) is 27.3 Å². The van der Waals surface area contributed by atoms with Crippen LogP contribution in [0, 0.1) is 0 Å². The van der Waals surface area contributed by atoms with Crippen molar-refractivity contribution in [2.24, 2.45) is 5.73 Å². The Kier molecular flexibility index (Phi) is 5.28. The molecule has 100 valence electrons. The van der Waals surface area contributed by atoms with Crippen LogP contribution in [0.4, 0.5) is 0 Å². The van der Waals surface area contributed by atoms with Crippen molar-refractivity contribution in [3.05, 3.63) is 22.2 Å². The molecule has 5 heteroatoms. The Hall–Kier alpha value is -0.780. The molecular formula is C13H19BrN2O2. The minimum absolute atomic E-state index is 0.708. The van der Waals surface area contributed by atoms with Gasteiger partial charge in [-0.15, -0.1) is 0 Å². The molecule has 0 bridgehead atoms. The molecule has 1 aromatic carbocycles. The molecule has 4 nitrogen and oxygen atoms in total. The molecular weight excluding hydrogens is 296 g/mol. The van der Waals surface area contributed by atoms with Crippen molar-refractivity contribution in [3.8, 4) is 11.5 Å². The fraction of sp³-hybridized carbons (Fsp3) is 0.538. The van der Waals surface area contributed by atoms with E-state index in [0.29, 0.717) is 13.2 Å². The fourth-order valence-corrected chi connectivity index (χ4v) is 2.45. The molecule has 0 saturated heterocycles. The summed E-state index contributed by atoms with van der Waals surface area (Å²) < 4.78 is 12.3. The smallest absolute Gasteiger partial charge is 0.175 e. The summed E-state index contributed by atoms with van der Waals surface area (Å²) in [5, 5.41) is 3.36. The summed E-state index contributed by atoms with van der Waals surface area (Å²) in [7, 11) is 0. The highest BCUT2D eigenvalue weighted by Gasteiger charge is 2.14. The van der Waals surface area contributed by atoms with Gasteiger partial charge in [0.25, 0.3) is 0 Å². The Morgan fingerprint density at radius 1 is 1.28 bits per heavy atom. The molecule has 2 rings (SSSR count). The molecule has 1 aliphatic heterocycles. The van der Waals surface area contributed by atoms with Gasteiger partial charge in [0, 0.05) is 13.0 Å². The Morgan fingerprint density at radius 3 is 2.94 bits per heavy atom. The van der Waals surface area contributed by atoms with Crippen LogP contribution in [0.15, 0.2) is 16.6 Å². The predicted molar refractivity (Wildman–Crippen MR) is 75.1 cm³/mol. The second-order valence-corrected chi connectivity index (χ2v) is 5.13. The number of halogens is 1. The number of benzene rings is 1. The fourth-order valence-electron chi connectivity index (χ4n) is 1.85. The number of nitrogens with one attached hydrogen (secondary N) is 1. The molecule has 0 spiro atoms. The van der Waals surface area contributed by atoms with E-state index in [-0.39, 0.29) is 0 Å². The monoisotopic (exact) mass is 314 g/mol. The number of hydrogen-bond donors (Lipinski definition) is 2. The molecule has 0 saturated carbocycles. The van der Waals surface area contributed by atoms with Gasteiger partial charge >= 0.3 is 0 Å². The van der Waals surface area contributed by atoms with Gasteiger partial charge in [-0.25, -0.2) is 0 Å². The zero-order valence-corrected chi connectivity index (χ0v) is 12.0. The van der Waals surface area contributed by atoms with E-state index in [9.17, 15) is 0 Å². The molecule has 0 unspecified atom stereocenters. The van der Waals surface area contributed by atoms with E-state index >= 15 is 0 Å². The number of fused-ring (bicyclic) bond motifs is 1. The van der Waals surface area contributed by atoms with Crippen LogP contribution in [0.3, 0.4) is 0 Å². The minimum Gasteiger partial charge on any atom is -0.490 e. The van der Waals surface area contributed by atoms with Gasteiger partial charge in [0.1, 0.15) is 0 Å². The Balaban J connectivity index is 2.04. The Labute approximate surface area is 116 Å². The van der Waals surface area contributed by atoms with Crippen molar-refractivity contribution >= 4 is 15.9 Å². The van der Waals surface area contributed by atoms with Gasteiger partial charge in [0.15, 0.2) is 11.5 Å². The van der Waals surface area contributed by atoms with Gasteiger partial charge in [0.2, 0.25) is 0 Å². The summed E-state index contributed by atoms with van der Waals surface area (Å²) >= 11 is 3.54. The van der Waals surface area contributed by atoms with Crippen LogP contribution in [0.2, 0.25) is 0 Å². The van der Waals surface area contributed by atoms with Crippen LogP contribution in [0.1, 0.15) is 18.4 Å². The van der Waals surface area contributed by atoms with Crippen LogP contribution >= 0.6 is 15.9 Å². The molecule has 0 aliphatic carbocycles. The van der Waals surface area contributed by atoms with Gasteiger partial charge in [-0.2, -0.15) is 0 Å². The summed E-state index contributed by atoms with van der Waals surface area (Å²) in [6.07, 6.45) is 1.91. The molecule has 0 atom stereocenters. The summed E-state index contributed by atoms with van der Waals surface area (Å²) in [5.74, 6) is 1.65. The Morgan fingerprint density at radius 2 is 2.11 bits per heavy atom. The van der Waals surface area contributed by atoms with Gasteiger partial charge in [-0.1, -0.05) is 0 Å². The van der Waals surface area contributed by atoms with Crippen molar-refractivity contribution in [2.75, 3.05) is 26.3 Å². The molecule has 0 radical (unpaired) electrons. The standard InChI is InChI=1S/C13H19BrN2O2/c14-11-7-10(9-16-4-1-3-15)8-12-13(11)18-6-2-5-17-12/h7-8,16H,1-6,9,15H2. The average molecular weight is 315 g/mol. The van der Waals surface area contributed by atoms with E-state index < -0.39 is 0 Å². The van der Waals surface area contributed by atoms with Crippen LogP contribution in [0.25, 0.3) is 0 Å². The van der Waals surface area contributed by atoms with Crippen molar-refractivity contribution in [2.45, 2.75) is 19.4 Å². The highest BCUT2D eigenvalue weighted by atomic mass is 79.9. The van der Waals surface area contributed by atoms with Crippen molar-refractivity contribution in [1.82, 2.24) is 5.32 Å². The lowest BCUT2D eigenvalue weighted by atomic mass is 10.2. The molecule has 3 N–H and O–H groups in total. The summed E-state index contributed by atoms with van der Waals surface area (Å²) in [6, 6.07) is 4.11. The highest BCUT2D eigenvalue weighted by Crippen LogP contribution is 2.38. The van der Waals surface area contributed by atoms with E-state index in [1.165, 1.54) is 5.56 Å². The lowest BCUT2D eigenvalue weighted by molar-refractivity contribution is 0.296. The van der Waals surface area contributed by atoms with Crippen LogP contribution in [0.5, 0.6) is 11.5 Å². The third-order valence-electron chi connectivity index (χ3n) is 2.75. The SMILES string of the molecule is NCCCNCc1cc(Br)c2c(c1)OCCCO2. The molecule has 1 aromatic rings. The van der Waals surface area contributed by atoms with Crippen molar-refractivity contribution < 1.29 is 9.47 Å². The van der Waals surface area contributed by atoms with Crippen molar-refractivity contribution in [1.29, 1.82) is 0 Å². The number of nitrogens with two attached hydrogens (primary N) is 1. The largest absolute Gasteiger partial charge is 0.490 e. The first-order chi connectivity index (χ1) is 8.81. The van der Waals surface area contributed by atoms with Crippen LogP contribution in [-0.2, 0) is 6.54 Å². The van der Waals surface area contributed by atoms with Gasteiger partial charge in [-0.3, -0.25) is 0 Å². The van der Waals surface area contributed by atoms with E-state index in [1.807, 2.05) is 6.07 Å². The number of hydrogen-bond acceptors (Lipinski definition) is 4. The van der Waals surface area contributed by atoms with E-state index in [0.717, 1.165) is 48.4 Å². The summed E-state index contributed by atoms with van der Waals surface area (Å²) in [5.41, 5.74) is 6.64. The minimum atomic E-state index is 0.708. The summed E-state index contributed by atoms with van der Waals surface area (Å²) in [4.78, 5) is 0. The third kappa shape index (κ3) is 3.60. The van der Waals surface area contributed by atoms with E-state index in [4.69, 9.17) is 15.2 Å². The predicted octanol–water partition coefficient (Wildman–Crippen LogP) is 2.05. The molecule has 0 aromatic heterocycles. The van der Waals surface area contributed by atoms with Gasteiger partial charge in [0.05, 0.1) is 17.7 Å². The average Bonchev–Trinajstić information content (AvgIpc) is 2.60. The van der Waals surface area contributed by atoms with Crippen LogP contribution in [-0.4, -0.2) is 26.3 Å². The van der Waals surface area contributed by atoms with Gasteiger partial charge < -0.3 is 20.5 Å². The molecule has 1 aliphatic rings. The van der Waals surface area contributed by atoms with Gasteiger partial charge in [-0.05, 0) is 53.1 Å². The first-order valence-electron chi connectivity index (χ1n) is 6.30. The maximum Gasteiger partial charge on any atom is 0.175 e. The van der Waals surface area contributed by atoms with Crippen molar-refractivity contribution in [3.63, 3.8) is 0 Å². The second-order valence-electron chi connectivity index (χ2n) is 4.27. The zero-order valence-electron chi connectivity index (χ0n) is 10.4. The summed E-state index contributed by atoms with van der Waals surface area (Å²) in [6.45, 7) is 3.89. The van der Waals surface area contributed by atoms with Crippen LogP contribution < -0.4 is 20.5 Å². The maximum absolute atomic E-state index is 5.69. The Bertz CT molecular complexity index is 399. The first-order valence-corrected chi connectivity index (χ1v) is 7.09. The highest BCUT2D eigenvalue weighted by molar-refractivity contribution is 9.10. The molecule has 0 amide bonds. The normalized spacial score (nSPS) is 14.3. The zero-order chi connectivity index (χ0) is 12.8. The quantitative estimate of drug-likeness (QED) is 0.817. The molecule has 1 heterocycles. The lowest BCUT2D eigenvalue weighted by Crippen LogP contribution is -2.17. The first kappa shape index (κ1) is 13.6. The maximum atomic E-state index is 5.69. The molecule has 0 fully saturated rings.